The van der Waals surface area contributed by atoms with Gasteiger partial charge in [0.15, 0.2) is 0 Å². The van der Waals surface area contributed by atoms with Crippen LogP contribution < -0.4 is 76.1 Å². The number of aliphatic hydroxyl groups excluding tert-OH is 1. The van der Waals surface area contributed by atoms with Crippen LogP contribution in [-0.4, -0.2) is 323 Å². The summed E-state index contributed by atoms with van der Waals surface area (Å²) in [6.07, 6.45) is -0.993. The van der Waals surface area contributed by atoms with Gasteiger partial charge in [0.1, 0.15) is 96.9 Å². The Hall–Kier alpha value is -13.3. The van der Waals surface area contributed by atoms with Gasteiger partial charge in [-0.15, -0.1) is 11.8 Å². The quantitative estimate of drug-likeness (QED) is 0.0252. The second-order valence-electron chi connectivity index (χ2n) is 34.3. The number of aliphatic carboxylic acids is 2. The highest BCUT2D eigenvalue weighted by atomic mass is 32.2. The number of para-hydroxylation sites is 2. The van der Waals surface area contributed by atoms with Crippen molar-refractivity contribution in [2.75, 3.05) is 65.4 Å². The summed E-state index contributed by atoms with van der Waals surface area (Å²) in [5.41, 5.74) is 25.6. The molecule has 5 heterocycles. The summed E-state index contributed by atoms with van der Waals surface area (Å²) in [6.45, 7) is 5.38. The number of nitrogens with zero attached hydrogens (tertiary/aromatic N) is 6. The number of carboxylic acid groups (broad SMARTS) is 2. The molecule has 730 valence electrons. The predicted octanol–water partition coefficient (Wildman–Crippen LogP) is -3.81. The van der Waals surface area contributed by atoms with Gasteiger partial charge in [-0.05, 0) is 98.9 Å². The Balaban J connectivity index is 1.21. The van der Waals surface area contributed by atoms with Crippen molar-refractivity contribution in [3.8, 4) is 5.75 Å². The van der Waals surface area contributed by atoms with Crippen LogP contribution in [0.25, 0.3) is 21.8 Å². The predicted molar refractivity (Wildman–Crippen MR) is 487 cm³/mol. The van der Waals surface area contributed by atoms with Crippen molar-refractivity contribution in [1.29, 1.82) is 0 Å². The Morgan fingerprint density at radius 2 is 1.10 bits per heavy atom. The van der Waals surface area contributed by atoms with Crippen LogP contribution in [0, 0.1) is 5.92 Å². The molecule has 8 rings (SSSR count). The molecule has 3 fully saturated rings. The summed E-state index contributed by atoms with van der Waals surface area (Å²) in [6, 6.07) is -3.84. The zero-order valence-electron chi connectivity index (χ0n) is 76.2. The fourth-order valence-corrected chi connectivity index (χ4v) is 17.3. The van der Waals surface area contributed by atoms with Crippen LogP contribution in [-0.2, 0) is 117 Å². The summed E-state index contributed by atoms with van der Waals surface area (Å²) in [4.78, 5) is 282. The van der Waals surface area contributed by atoms with Gasteiger partial charge in [0.2, 0.25) is 100 Å². The Kier molecular flexibility index (Phi) is 39.6. The molecule has 0 saturated carbocycles. The number of aliphatic hydroxyl groups is 1. The number of benzene rings is 3. The number of nitrogens with one attached hydrogen (secondary N) is 11. The number of likely N-dealkylation sites (N-methyl/N-ethyl adjacent to an activating group) is 3. The van der Waals surface area contributed by atoms with Crippen LogP contribution in [0.3, 0.4) is 0 Å². The van der Waals surface area contributed by atoms with Crippen LogP contribution >= 0.6 is 11.8 Å². The minimum atomic E-state index is -2.05. The number of fused-ring (bicyclic) bond motifs is 4. The van der Waals surface area contributed by atoms with Crippen LogP contribution in [0.4, 0.5) is 0 Å². The van der Waals surface area contributed by atoms with Crippen molar-refractivity contribution in [1.82, 2.24) is 87.2 Å². The number of rotatable bonds is 26. The number of phenols is 1. The van der Waals surface area contributed by atoms with Gasteiger partial charge in [-0.2, -0.15) is 0 Å². The molecule has 3 aliphatic rings. The van der Waals surface area contributed by atoms with E-state index in [2.05, 4.69) is 58.2 Å². The number of hydrogen-bond donors (Lipinski definition) is 19. The number of carbonyl (C=O) groups is 19. The normalized spacial score (nSPS) is 24.9. The molecule has 5 aromatic rings. The lowest BCUT2D eigenvalue weighted by molar-refractivity contribution is -0.149. The first-order valence-corrected chi connectivity index (χ1v) is 45.7. The topological polar surface area (TPSA) is 667 Å². The van der Waals surface area contributed by atoms with E-state index in [4.69, 9.17) is 22.9 Å². The highest BCUT2D eigenvalue weighted by Gasteiger charge is 2.47. The molecular weight excluding hydrogens is 1760 g/mol. The third-order valence-corrected chi connectivity index (χ3v) is 24.8. The van der Waals surface area contributed by atoms with E-state index in [1.54, 1.807) is 82.4 Å². The van der Waals surface area contributed by atoms with Crippen LogP contribution in [0.2, 0.25) is 0 Å². The van der Waals surface area contributed by atoms with E-state index >= 15 is 33.6 Å². The molecule has 44 nitrogen and oxygen atoms in total. The number of carbonyl (C=O) groups excluding carboxylic acids is 17. The van der Waals surface area contributed by atoms with E-state index in [9.17, 15) is 78.0 Å². The van der Waals surface area contributed by atoms with E-state index < -0.39 is 266 Å². The Morgan fingerprint density at radius 1 is 0.545 bits per heavy atom. The first-order valence-electron chi connectivity index (χ1n) is 44.6. The van der Waals surface area contributed by atoms with E-state index in [-0.39, 0.29) is 89.0 Å². The zero-order valence-corrected chi connectivity index (χ0v) is 77.1. The fraction of sp³-hybridized carbons (Fsp3) is 0.539. The maximum absolute atomic E-state index is 15.9. The van der Waals surface area contributed by atoms with E-state index in [0.29, 0.717) is 63.1 Å². The SMILES string of the molecule is CCCC[C@H]1C(=O)N(C)[C@@H](CCCC)C(=O)N[C@@H](CC(=O)O)C(=O)N[C@H](C(=O)NCC(N)=O)CSCC(=O)N[C@@H](Cc2ccc(O)cc2)C(=O)N(C)[C@@H](C)C(=O)N[C@H](CC(N)=O)C(=O)N2CCC[C@H]2C(=O)N[C@@H](CN)C(=O)N[C@@H](CC(C)C)C(=O)N2C[C@H](O)C[C@H]2C(=O)N[C@@H](Cc2c[nH]c3ccccc23)C(=O)N[C@@H](CCN)C(=O)N[C@@H](Cc2cn(CC(=O)O)c3ccccc23)C(=O)N1C. The number of nitrogens with two attached hydrogens (primary N) is 4. The van der Waals surface area contributed by atoms with E-state index in [1.165, 1.54) is 63.1 Å². The number of H-pyrrole nitrogens is 1. The van der Waals surface area contributed by atoms with Crippen molar-refractivity contribution in [2.45, 2.75) is 235 Å². The molecule has 45 heteroatoms. The van der Waals surface area contributed by atoms with E-state index in [0.717, 1.165) is 24.5 Å². The molecule has 0 bridgehead atoms. The minimum Gasteiger partial charge on any atom is -0.508 e. The highest BCUT2D eigenvalue weighted by Crippen LogP contribution is 2.29. The molecule has 0 unspecified atom stereocenters. The fourth-order valence-electron chi connectivity index (χ4n) is 16.5. The van der Waals surface area contributed by atoms with Gasteiger partial charge in [-0.3, -0.25) is 91.1 Å². The third-order valence-electron chi connectivity index (χ3n) is 23.7. The third kappa shape index (κ3) is 29.1. The Labute approximate surface area is 777 Å². The number of unbranched alkanes of at least 4 members (excludes halogenated alkanes) is 2. The first kappa shape index (κ1) is 106. The van der Waals surface area contributed by atoms with Gasteiger partial charge < -0.3 is 131 Å². The lowest BCUT2D eigenvalue weighted by atomic mass is 9.99. The van der Waals surface area contributed by atoms with Crippen molar-refractivity contribution in [3.63, 3.8) is 0 Å². The first-order chi connectivity index (χ1) is 63.6. The monoisotopic (exact) mass is 1890 g/mol. The van der Waals surface area contributed by atoms with Crippen molar-refractivity contribution >= 4 is 146 Å². The number of hydrogen-bond acceptors (Lipinski definition) is 24. The molecular formula is C89H125N21O23S. The summed E-state index contributed by atoms with van der Waals surface area (Å²) < 4.78 is 1.41. The van der Waals surface area contributed by atoms with Crippen LogP contribution in [0.15, 0.2) is 85.2 Å². The number of aromatic amines is 1. The molecule has 15 atom stereocenters. The lowest BCUT2D eigenvalue weighted by Gasteiger charge is -2.36. The van der Waals surface area contributed by atoms with E-state index in [1.807, 2.05) is 0 Å². The summed E-state index contributed by atoms with van der Waals surface area (Å²) in [7, 11) is 3.70. The maximum Gasteiger partial charge on any atom is 0.323 e. The highest BCUT2D eigenvalue weighted by molar-refractivity contribution is 8.00. The zero-order chi connectivity index (χ0) is 98.6. The summed E-state index contributed by atoms with van der Waals surface area (Å²) >= 11 is 0.669. The smallest absolute Gasteiger partial charge is 0.323 e. The van der Waals surface area contributed by atoms with Crippen LogP contribution in [0.5, 0.6) is 5.75 Å². The molecule has 0 aliphatic carbocycles. The average Bonchev–Trinajstić information content (AvgIpc) is 1.64. The summed E-state index contributed by atoms with van der Waals surface area (Å²) in [5.74, 6) is -21.8. The molecule has 2 aromatic heterocycles. The number of carboxylic acids is 2. The number of primary amides is 2. The molecule has 3 aliphatic heterocycles. The Morgan fingerprint density at radius 3 is 1.75 bits per heavy atom. The van der Waals surface area contributed by atoms with Gasteiger partial charge in [0.25, 0.3) is 0 Å². The second kappa shape index (κ2) is 50.0. The van der Waals surface area contributed by atoms with Gasteiger partial charge in [0.05, 0.1) is 31.2 Å². The molecule has 3 aromatic carbocycles. The largest absolute Gasteiger partial charge is 0.508 e. The van der Waals surface area contributed by atoms with Gasteiger partial charge >= 0.3 is 11.9 Å². The van der Waals surface area contributed by atoms with Gasteiger partial charge in [0, 0.05) is 106 Å². The number of aromatic hydroxyl groups is 1. The van der Waals surface area contributed by atoms with Gasteiger partial charge in [-0.1, -0.05) is 102 Å². The lowest BCUT2D eigenvalue weighted by Crippen LogP contribution is -2.62. The molecule has 3 saturated heterocycles. The van der Waals surface area contributed by atoms with Crippen LogP contribution in [0.1, 0.15) is 135 Å². The molecule has 0 spiro atoms. The van der Waals surface area contributed by atoms with Crippen molar-refractivity contribution in [3.05, 3.63) is 102 Å². The molecule has 134 heavy (non-hydrogen) atoms. The summed E-state index contributed by atoms with van der Waals surface area (Å²) in [5, 5.41) is 68.6. The number of thioether (sulfide) groups is 1. The number of aromatic nitrogens is 2. The number of amides is 17. The van der Waals surface area contributed by atoms with Gasteiger partial charge in [-0.25, -0.2) is 0 Å². The average molecular weight is 1890 g/mol. The molecule has 17 amide bonds. The standard InChI is InChI=1S/C89H125N21O23S/c1-9-11-21-67-82(126)99-59(38-74(116)117)80(124)104-65(77(121)95-41-72(93)114)45-134-46-73(115)96-61(33-49-25-27-52(111)28-26-49)85(129)105(6)48(5)76(120)100-63(37-71(92)113)87(131)109-31-17-24-68(109)83(127)103-64(39-91)81(125)101-60(32-47(3)4)88(132)110-43-53(112)36-70(110)84(128)98-58(34-50-40-94-56-20-15-13-18-54(50)56)79(123)97-57(29-30-90)78(122)102-62(86(130)107(8)69(22-12-10-2)89(133)106(67)7)35-51-42-108(44-75(118)119)66-23-16-14-19-55(51)66/h13-16,18-20,23,25-28,40,42,47-48,53,57-65,67-70,94,111-112H,9-12,17,21-22,24,29-39,41,43-46,90-91H2,1-8H3,(H2,92,113)(H2,93,114)(H,95,121)(H,96,115)(H,97,123)(H,98,128)(H,99,126)(H,100,120)(H,101,125)(H,102,122)(H,103,127)(H,104,124)(H,116,117)(H,118,119)/t48-,53+,57-,58-,59-,60-,61-,62-,63+,64-,65-,67-,68-,69-,70-/m0/s1. The minimum absolute atomic E-state index is 0.0344. The molecule has 0 radical (unpaired) electrons. The van der Waals surface area contributed by atoms with Crippen molar-refractivity contribution in [2.24, 2.45) is 28.9 Å². The van der Waals surface area contributed by atoms with Crippen molar-refractivity contribution < 1.29 is 112 Å². The number of phenolic OH excluding ortho intramolecular Hbond substituents is 1. The molecule has 23 N–H and O–H groups in total. The maximum atomic E-state index is 15.9. The Bertz CT molecular complexity index is 5110. The second-order valence-corrected chi connectivity index (χ2v) is 35.3.